The Morgan fingerprint density at radius 2 is 1.65 bits per heavy atom. The van der Waals surface area contributed by atoms with Gasteiger partial charge in [-0.25, -0.2) is 0 Å². The standard InChI is InChI=1S/C26H31ClN8O2.ClH.2H3N.2H2/c27-18-6-4-17(5-7-18)23(37)31-21-9-8-20(16-22(21)36)30-25-32-24(29-19-10-12-28-13-11-19)33-26(34-25)35-14-2-1-3-15-35;;;;;/h4-9,16,19,28,36H,1-3,10-15H2,(H,31,37)(H2,29,30,32,33,34);1H;2*1H3;2*1H. The van der Waals surface area contributed by atoms with Crippen LogP contribution in [0.2, 0.25) is 5.02 Å². The van der Waals surface area contributed by atoms with Crippen LogP contribution in [0.5, 0.6) is 5.75 Å². The van der Waals surface area contributed by atoms with Gasteiger partial charge in [-0.3, -0.25) is 4.79 Å². The number of rotatable bonds is 7. The van der Waals surface area contributed by atoms with Crippen molar-refractivity contribution in [3.63, 3.8) is 0 Å². The maximum Gasteiger partial charge on any atom is 0.255 e. The van der Waals surface area contributed by atoms with Crippen LogP contribution >= 0.6 is 24.0 Å². The lowest BCUT2D eigenvalue weighted by Crippen LogP contribution is -2.36. The van der Waals surface area contributed by atoms with Crippen LogP contribution in [-0.4, -0.2) is 58.2 Å². The molecular formula is C26H42Cl2N10O2. The first-order valence-electron chi connectivity index (χ1n) is 12.7. The lowest BCUT2D eigenvalue weighted by molar-refractivity contribution is 0.102. The van der Waals surface area contributed by atoms with E-state index in [1.54, 1.807) is 36.4 Å². The number of aromatic hydroxyl groups is 1. The molecule has 1 aromatic heterocycles. The normalized spacial score (nSPS) is 15.1. The number of piperidine rings is 2. The number of phenols is 1. The zero-order chi connectivity index (χ0) is 25.6. The summed E-state index contributed by atoms with van der Waals surface area (Å²) in [5.41, 5.74) is 1.32. The number of hydrogen-bond donors (Lipinski definition) is 7. The van der Waals surface area contributed by atoms with Crippen molar-refractivity contribution in [1.29, 1.82) is 0 Å². The van der Waals surface area contributed by atoms with Crippen LogP contribution in [0, 0.1) is 0 Å². The van der Waals surface area contributed by atoms with Gasteiger partial charge in [0.1, 0.15) is 5.75 Å². The number of anilines is 5. The third-order valence-corrected chi connectivity index (χ3v) is 6.80. The Balaban J connectivity index is 0.00000336. The van der Waals surface area contributed by atoms with Crippen molar-refractivity contribution in [1.82, 2.24) is 32.6 Å². The summed E-state index contributed by atoms with van der Waals surface area (Å²) in [5.74, 6) is 1.16. The van der Waals surface area contributed by atoms with E-state index in [0.717, 1.165) is 51.9 Å². The second-order valence-electron chi connectivity index (χ2n) is 9.32. The molecule has 0 bridgehead atoms. The van der Waals surface area contributed by atoms with Crippen LogP contribution in [0.15, 0.2) is 42.5 Å². The Bertz CT molecular complexity index is 1250. The summed E-state index contributed by atoms with van der Waals surface area (Å²) in [6.45, 7) is 3.76. The summed E-state index contributed by atoms with van der Waals surface area (Å²) in [5, 5.41) is 23.9. The molecule has 0 unspecified atom stereocenters. The third-order valence-electron chi connectivity index (χ3n) is 6.54. The molecule has 11 N–H and O–H groups in total. The van der Waals surface area contributed by atoms with Crippen molar-refractivity contribution in [3.05, 3.63) is 53.1 Å². The van der Waals surface area contributed by atoms with Gasteiger partial charge in [-0.2, -0.15) is 15.0 Å². The Kier molecular flexibility index (Phi) is 12.6. The molecule has 12 nitrogen and oxygen atoms in total. The van der Waals surface area contributed by atoms with E-state index < -0.39 is 0 Å². The molecule has 3 aromatic rings. The summed E-state index contributed by atoms with van der Waals surface area (Å²) in [4.78, 5) is 28.7. The van der Waals surface area contributed by atoms with Crippen LogP contribution in [-0.2, 0) is 0 Å². The zero-order valence-electron chi connectivity index (χ0n) is 22.3. The second kappa shape index (κ2) is 15.4. The van der Waals surface area contributed by atoms with Crippen molar-refractivity contribution < 1.29 is 12.8 Å². The van der Waals surface area contributed by atoms with Crippen LogP contribution in [0.1, 0.15) is 45.3 Å². The fourth-order valence-electron chi connectivity index (χ4n) is 4.51. The summed E-state index contributed by atoms with van der Waals surface area (Å²) < 4.78 is 0. The fourth-order valence-corrected chi connectivity index (χ4v) is 4.64. The molecule has 0 spiro atoms. The first-order valence-corrected chi connectivity index (χ1v) is 13.1. The first kappa shape index (κ1) is 32.8. The van der Waals surface area contributed by atoms with Crippen LogP contribution in [0.3, 0.4) is 0 Å². The van der Waals surface area contributed by atoms with Gasteiger partial charge in [-0.1, -0.05) is 11.6 Å². The average Bonchev–Trinajstić information content (AvgIpc) is 2.91. The molecule has 3 heterocycles. The smallest absolute Gasteiger partial charge is 0.255 e. The van der Waals surface area contributed by atoms with Crippen molar-refractivity contribution >= 4 is 59.1 Å². The van der Waals surface area contributed by atoms with Crippen LogP contribution in [0.4, 0.5) is 29.2 Å². The van der Waals surface area contributed by atoms with Crippen molar-refractivity contribution in [2.75, 3.05) is 47.0 Å². The van der Waals surface area contributed by atoms with Crippen molar-refractivity contribution in [2.24, 2.45) is 0 Å². The molecule has 2 aromatic carbocycles. The number of halogens is 2. The van der Waals surface area contributed by atoms with Gasteiger partial charge in [0.2, 0.25) is 17.8 Å². The minimum Gasteiger partial charge on any atom is -0.506 e. The number of amides is 1. The van der Waals surface area contributed by atoms with Gasteiger partial charge in [0, 0.05) is 44.3 Å². The highest BCUT2D eigenvalue weighted by Gasteiger charge is 2.19. The fraction of sp³-hybridized carbons (Fsp3) is 0.385. The molecular weight excluding hydrogens is 555 g/mol. The summed E-state index contributed by atoms with van der Waals surface area (Å²) in [7, 11) is 0. The predicted octanol–water partition coefficient (Wildman–Crippen LogP) is 5.62. The Labute approximate surface area is 248 Å². The Morgan fingerprint density at radius 3 is 2.33 bits per heavy atom. The number of carbonyl (C=O) groups excluding carboxylic acids is 1. The lowest BCUT2D eigenvalue weighted by Gasteiger charge is -2.28. The highest BCUT2D eigenvalue weighted by molar-refractivity contribution is 6.30. The second-order valence-corrected chi connectivity index (χ2v) is 9.75. The molecule has 0 saturated carbocycles. The van der Waals surface area contributed by atoms with Gasteiger partial charge in [0.25, 0.3) is 5.91 Å². The maximum atomic E-state index is 12.5. The SMILES string of the molecule is Cl.N.N.O=C(Nc1ccc(Nc2nc(NC3CCNCC3)nc(N3CCCCC3)n2)cc1O)c1ccc(Cl)cc1.[HH].[HH]. The third kappa shape index (κ3) is 8.54. The summed E-state index contributed by atoms with van der Waals surface area (Å²) in [6.07, 6.45) is 5.45. The van der Waals surface area contributed by atoms with Gasteiger partial charge in [0.15, 0.2) is 0 Å². The van der Waals surface area contributed by atoms with E-state index in [-0.39, 0.29) is 39.2 Å². The number of aromatic nitrogens is 3. The highest BCUT2D eigenvalue weighted by atomic mass is 35.5. The van der Waals surface area contributed by atoms with E-state index in [1.165, 1.54) is 12.5 Å². The number of nitrogens with one attached hydrogen (secondary N) is 4. The molecule has 0 radical (unpaired) electrons. The van der Waals surface area contributed by atoms with E-state index in [0.29, 0.717) is 45.8 Å². The molecule has 2 aliphatic heterocycles. The summed E-state index contributed by atoms with van der Waals surface area (Å²) in [6, 6.07) is 11.8. The van der Waals surface area contributed by atoms with E-state index in [2.05, 4.69) is 36.1 Å². The van der Waals surface area contributed by atoms with Crippen molar-refractivity contribution in [2.45, 2.75) is 38.1 Å². The van der Waals surface area contributed by atoms with Gasteiger partial charge in [-0.15, -0.1) is 12.4 Å². The average molecular weight is 598 g/mol. The van der Waals surface area contributed by atoms with E-state index in [4.69, 9.17) is 16.6 Å². The number of nitrogens with zero attached hydrogens (tertiary/aromatic N) is 4. The molecule has 5 rings (SSSR count). The van der Waals surface area contributed by atoms with Crippen molar-refractivity contribution in [3.8, 4) is 5.75 Å². The molecule has 2 saturated heterocycles. The first-order chi connectivity index (χ1) is 18.0. The number of hydrogen-bond acceptors (Lipinski definition) is 11. The number of phenolic OH excluding ortho intramolecular Hbond substituents is 1. The molecule has 2 fully saturated rings. The topological polar surface area (TPSA) is 197 Å². The highest BCUT2D eigenvalue weighted by Crippen LogP contribution is 2.29. The molecule has 0 aliphatic carbocycles. The molecule has 1 amide bonds. The summed E-state index contributed by atoms with van der Waals surface area (Å²) >= 11 is 5.90. The Hall–Kier alpha value is -3.42. The van der Waals surface area contributed by atoms with E-state index in [9.17, 15) is 9.90 Å². The monoisotopic (exact) mass is 596 g/mol. The van der Waals surface area contributed by atoms with Crippen LogP contribution in [0.25, 0.3) is 0 Å². The quantitative estimate of drug-likeness (QED) is 0.167. The van der Waals surface area contributed by atoms with Gasteiger partial charge in [0.05, 0.1) is 5.69 Å². The van der Waals surface area contributed by atoms with Gasteiger partial charge < -0.3 is 43.6 Å². The Morgan fingerprint density at radius 1 is 0.975 bits per heavy atom. The minimum absolute atomic E-state index is 0. The van der Waals surface area contributed by atoms with E-state index in [1.807, 2.05) is 0 Å². The molecule has 222 valence electrons. The maximum absolute atomic E-state index is 12.5. The molecule has 40 heavy (non-hydrogen) atoms. The molecule has 14 heteroatoms. The van der Waals surface area contributed by atoms with E-state index >= 15 is 0 Å². The molecule has 2 aliphatic rings. The minimum atomic E-state index is -0.343. The van der Waals surface area contributed by atoms with Gasteiger partial charge >= 0.3 is 0 Å². The van der Waals surface area contributed by atoms with Gasteiger partial charge in [-0.05, 0) is 81.6 Å². The molecule has 0 atom stereocenters. The number of carbonyl (C=O) groups is 1. The lowest BCUT2D eigenvalue weighted by atomic mass is 10.1. The number of benzene rings is 2. The predicted molar refractivity (Wildman–Crippen MR) is 168 cm³/mol. The zero-order valence-corrected chi connectivity index (χ0v) is 23.9. The van der Waals surface area contributed by atoms with Crippen LogP contribution < -0.4 is 38.5 Å². The largest absolute Gasteiger partial charge is 0.506 e.